The van der Waals surface area contributed by atoms with Crippen molar-refractivity contribution in [3.05, 3.63) is 119 Å². The van der Waals surface area contributed by atoms with Crippen LogP contribution in [-0.4, -0.2) is 34.2 Å². The smallest absolute Gasteiger partial charge is 0.163 e. The molecular weight excluding hydrogens is 575 g/mol. The Kier molecular flexibility index (Phi) is 9.48. The van der Waals surface area contributed by atoms with Crippen LogP contribution < -0.4 is 18.9 Å². The van der Waals surface area contributed by atoms with Crippen LogP contribution in [0.5, 0.6) is 23.0 Å². The maximum Gasteiger partial charge on any atom is 0.163 e. The zero-order valence-corrected chi connectivity index (χ0v) is 24.3. The van der Waals surface area contributed by atoms with E-state index in [1.54, 1.807) is 26.4 Å². The third-order valence-corrected chi connectivity index (χ3v) is 6.82. The molecule has 2 heterocycles. The first kappa shape index (κ1) is 28.9. The number of methoxy groups -OCH3 is 2. The van der Waals surface area contributed by atoms with E-state index in [2.05, 4.69) is 19.9 Å². The van der Waals surface area contributed by atoms with Gasteiger partial charge in [0.2, 0.25) is 0 Å². The minimum absolute atomic E-state index is 0.396. The Morgan fingerprint density at radius 1 is 0.524 bits per heavy atom. The largest absolute Gasteiger partial charge is 0.493 e. The van der Waals surface area contributed by atoms with Crippen molar-refractivity contribution in [3.8, 4) is 23.0 Å². The highest BCUT2D eigenvalue weighted by Crippen LogP contribution is 2.35. The van der Waals surface area contributed by atoms with Gasteiger partial charge in [-0.15, -0.1) is 0 Å². The van der Waals surface area contributed by atoms with Crippen molar-refractivity contribution >= 4 is 45.0 Å². The quantitative estimate of drug-likeness (QED) is 0.164. The van der Waals surface area contributed by atoms with Gasteiger partial charge < -0.3 is 18.9 Å². The summed E-state index contributed by atoms with van der Waals surface area (Å²) in [5.41, 5.74) is 3.61. The van der Waals surface area contributed by atoms with E-state index >= 15 is 0 Å². The molecule has 6 rings (SSSR count). The van der Waals surface area contributed by atoms with E-state index < -0.39 is 0 Å². The van der Waals surface area contributed by atoms with E-state index in [4.69, 9.17) is 42.1 Å². The molecule has 8 nitrogen and oxygen atoms in total. The number of hydrogen-bond acceptors (Lipinski definition) is 8. The second-order valence-corrected chi connectivity index (χ2v) is 9.63. The van der Waals surface area contributed by atoms with Crippen LogP contribution in [0.3, 0.4) is 0 Å². The Balaban J connectivity index is 0.000000168. The van der Waals surface area contributed by atoms with E-state index in [1.165, 1.54) is 12.7 Å². The average Bonchev–Trinajstić information content (AvgIpc) is 3.03. The van der Waals surface area contributed by atoms with Crippen molar-refractivity contribution in [2.24, 2.45) is 0 Å². The molecule has 0 unspecified atom stereocenters. The lowest BCUT2D eigenvalue weighted by Crippen LogP contribution is -1.98. The molecule has 0 saturated carbocycles. The highest BCUT2D eigenvalue weighted by Gasteiger charge is 2.12. The summed E-state index contributed by atoms with van der Waals surface area (Å²) in [5.74, 6) is 2.47. The molecule has 10 heteroatoms. The summed E-state index contributed by atoms with van der Waals surface area (Å²) in [5, 5.41) is 2.27. The molecule has 6 aromatic rings. The fraction of sp³-hybridized carbons (Fsp3) is 0.125. The summed E-state index contributed by atoms with van der Waals surface area (Å²) in [7, 11) is 3.18. The standard InChI is InChI=1S/2C16H13ClN2O2/c2*1-20-14-7-12-13(18-10-19-16(12)17)8-15(14)21-9-11-5-3-2-4-6-11/h2*2-8,10H,9H2,1H3. The second kappa shape index (κ2) is 13.8. The second-order valence-electron chi connectivity index (χ2n) is 8.92. The van der Waals surface area contributed by atoms with Crippen LogP contribution in [0, 0.1) is 0 Å². The Morgan fingerprint density at radius 3 is 1.31 bits per heavy atom. The van der Waals surface area contributed by atoms with Crippen LogP contribution in [-0.2, 0) is 13.2 Å². The molecule has 0 radical (unpaired) electrons. The minimum atomic E-state index is 0.396. The van der Waals surface area contributed by atoms with Gasteiger partial charge in [-0.1, -0.05) is 83.9 Å². The van der Waals surface area contributed by atoms with Crippen LogP contribution in [0.25, 0.3) is 21.8 Å². The van der Waals surface area contributed by atoms with E-state index in [0.717, 1.165) is 32.9 Å². The molecule has 212 valence electrons. The molecule has 42 heavy (non-hydrogen) atoms. The zero-order valence-electron chi connectivity index (χ0n) is 22.8. The number of nitrogens with zero attached hydrogens (tertiary/aromatic N) is 4. The van der Waals surface area contributed by atoms with E-state index in [1.807, 2.05) is 72.8 Å². The van der Waals surface area contributed by atoms with E-state index in [9.17, 15) is 0 Å². The lowest BCUT2D eigenvalue weighted by Gasteiger charge is -2.12. The van der Waals surface area contributed by atoms with Crippen LogP contribution in [0.4, 0.5) is 0 Å². The minimum Gasteiger partial charge on any atom is -0.493 e. The fourth-order valence-electron chi connectivity index (χ4n) is 4.08. The third-order valence-electron chi connectivity index (χ3n) is 6.22. The van der Waals surface area contributed by atoms with Crippen molar-refractivity contribution in [2.75, 3.05) is 14.2 Å². The number of benzene rings is 4. The lowest BCUT2D eigenvalue weighted by molar-refractivity contribution is 0.285. The van der Waals surface area contributed by atoms with Gasteiger partial charge in [-0.2, -0.15) is 0 Å². The zero-order chi connectivity index (χ0) is 29.3. The molecular formula is C32H26Cl2N4O4. The maximum absolute atomic E-state index is 6.06. The summed E-state index contributed by atoms with van der Waals surface area (Å²) in [4.78, 5) is 16.3. The van der Waals surface area contributed by atoms with Gasteiger partial charge in [0, 0.05) is 22.9 Å². The number of halogens is 2. The Bertz CT molecular complexity index is 1660. The molecule has 0 amide bonds. The first-order chi connectivity index (χ1) is 20.6. The molecule has 2 aromatic heterocycles. The van der Waals surface area contributed by atoms with Crippen LogP contribution in [0.2, 0.25) is 10.3 Å². The van der Waals surface area contributed by atoms with Gasteiger partial charge in [-0.25, -0.2) is 19.9 Å². The molecule has 0 aliphatic heterocycles. The summed E-state index contributed by atoms with van der Waals surface area (Å²) in [6.45, 7) is 0.920. The number of ether oxygens (including phenoxy) is 4. The monoisotopic (exact) mass is 600 g/mol. The molecule has 0 saturated heterocycles. The van der Waals surface area contributed by atoms with Crippen molar-refractivity contribution in [3.63, 3.8) is 0 Å². The first-order valence-corrected chi connectivity index (χ1v) is 13.6. The Labute approximate surface area is 252 Å². The SMILES string of the molecule is COc1cc2c(Cl)ncnc2cc1OCc1ccccc1.COc1cc2c(Cl)ncnc2cc1OCc1ccccc1. The van der Waals surface area contributed by atoms with Crippen molar-refractivity contribution < 1.29 is 18.9 Å². The fourth-order valence-corrected chi connectivity index (χ4v) is 4.47. The molecule has 0 spiro atoms. The Morgan fingerprint density at radius 2 is 0.929 bits per heavy atom. The topological polar surface area (TPSA) is 88.5 Å². The molecule has 0 N–H and O–H groups in total. The maximum atomic E-state index is 6.06. The predicted molar refractivity (Wildman–Crippen MR) is 164 cm³/mol. The predicted octanol–water partition coefficient (Wildman–Crippen LogP) is 7.74. The van der Waals surface area contributed by atoms with Crippen molar-refractivity contribution in [1.29, 1.82) is 0 Å². The van der Waals surface area contributed by atoms with Crippen LogP contribution >= 0.6 is 23.2 Å². The molecule has 4 aromatic carbocycles. The van der Waals surface area contributed by atoms with Crippen LogP contribution in [0.15, 0.2) is 97.6 Å². The molecule has 0 fully saturated rings. The van der Waals surface area contributed by atoms with Crippen LogP contribution in [0.1, 0.15) is 11.1 Å². The Hall–Kier alpha value is -4.66. The highest BCUT2D eigenvalue weighted by atomic mass is 35.5. The van der Waals surface area contributed by atoms with Gasteiger partial charge in [0.15, 0.2) is 23.0 Å². The number of aromatic nitrogens is 4. The highest BCUT2D eigenvalue weighted by molar-refractivity contribution is 6.34. The summed E-state index contributed by atoms with van der Waals surface area (Å²) >= 11 is 12.1. The summed E-state index contributed by atoms with van der Waals surface area (Å²) in [6.07, 6.45) is 2.86. The number of hydrogen-bond donors (Lipinski definition) is 0. The van der Waals surface area contributed by atoms with Gasteiger partial charge >= 0.3 is 0 Å². The van der Waals surface area contributed by atoms with E-state index in [0.29, 0.717) is 46.5 Å². The normalized spacial score (nSPS) is 10.6. The van der Waals surface area contributed by atoms with Gasteiger partial charge in [-0.05, 0) is 23.3 Å². The molecule has 0 aliphatic carbocycles. The van der Waals surface area contributed by atoms with Gasteiger partial charge in [0.1, 0.15) is 36.2 Å². The van der Waals surface area contributed by atoms with Crippen molar-refractivity contribution in [2.45, 2.75) is 13.2 Å². The average molecular weight is 601 g/mol. The van der Waals surface area contributed by atoms with Gasteiger partial charge in [0.25, 0.3) is 0 Å². The van der Waals surface area contributed by atoms with Gasteiger partial charge in [0.05, 0.1) is 25.3 Å². The third kappa shape index (κ3) is 6.97. The van der Waals surface area contributed by atoms with E-state index in [-0.39, 0.29) is 0 Å². The summed E-state index contributed by atoms with van der Waals surface area (Å²) < 4.78 is 22.4. The number of fused-ring (bicyclic) bond motifs is 2. The molecule has 0 atom stereocenters. The van der Waals surface area contributed by atoms with Crippen molar-refractivity contribution in [1.82, 2.24) is 19.9 Å². The lowest BCUT2D eigenvalue weighted by atomic mass is 10.2. The summed E-state index contributed by atoms with van der Waals surface area (Å²) in [6, 6.07) is 27.1. The van der Waals surface area contributed by atoms with Gasteiger partial charge in [-0.3, -0.25) is 0 Å². The molecule has 0 bridgehead atoms. The number of rotatable bonds is 8. The molecule has 0 aliphatic rings. The first-order valence-electron chi connectivity index (χ1n) is 12.9.